The molecule has 0 atom stereocenters. The Labute approximate surface area is 119 Å². The fraction of sp³-hybridized carbons (Fsp3) is 0.0714. The summed E-state index contributed by atoms with van der Waals surface area (Å²) in [5.41, 5.74) is 0.517. The van der Waals surface area contributed by atoms with E-state index in [0.29, 0.717) is 11.4 Å². The highest BCUT2D eigenvalue weighted by atomic mass is 19.1. The fourth-order valence-corrected chi connectivity index (χ4v) is 1.78. The van der Waals surface area contributed by atoms with Crippen molar-refractivity contribution >= 4 is 17.1 Å². The van der Waals surface area contributed by atoms with Crippen LogP contribution in [0.4, 0.5) is 21.5 Å². The van der Waals surface area contributed by atoms with Crippen LogP contribution in [0.2, 0.25) is 0 Å². The van der Waals surface area contributed by atoms with Crippen molar-refractivity contribution in [3.05, 3.63) is 57.9 Å². The number of halogens is 1. The number of nitriles is 1. The summed E-state index contributed by atoms with van der Waals surface area (Å²) in [7, 11) is 1.39. The number of hydrogen-bond acceptors (Lipinski definition) is 5. The molecule has 2 rings (SSSR count). The van der Waals surface area contributed by atoms with Crippen LogP contribution in [0.3, 0.4) is 0 Å². The van der Waals surface area contributed by atoms with Crippen molar-refractivity contribution in [3.63, 3.8) is 0 Å². The first-order chi connectivity index (χ1) is 10.0. The van der Waals surface area contributed by atoms with E-state index in [1.165, 1.54) is 43.5 Å². The normalized spacial score (nSPS) is 9.76. The molecule has 6 nitrogen and oxygen atoms in total. The molecule has 0 saturated carbocycles. The Balaban J connectivity index is 2.39. The lowest BCUT2D eigenvalue weighted by atomic mass is 10.1. The van der Waals surface area contributed by atoms with E-state index >= 15 is 0 Å². The molecule has 0 spiro atoms. The lowest BCUT2D eigenvalue weighted by Crippen LogP contribution is -1.98. The molecular weight excluding hydrogens is 277 g/mol. The molecule has 1 N–H and O–H groups in total. The molecule has 7 heteroatoms. The largest absolute Gasteiger partial charge is 0.494 e. The van der Waals surface area contributed by atoms with E-state index in [1.807, 2.05) is 0 Å². The zero-order chi connectivity index (χ0) is 15.4. The number of hydrogen-bond donors (Lipinski definition) is 1. The highest BCUT2D eigenvalue weighted by molar-refractivity contribution is 5.69. The third kappa shape index (κ3) is 3.06. The van der Waals surface area contributed by atoms with Crippen molar-refractivity contribution in [2.75, 3.05) is 12.4 Å². The van der Waals surface area contributed by atoms with Crippen LogP contribution in [-0.4, -0.2) is 12.0 Å². The maximum Gasteiger partial charge on any atom is 0.289 e. The Morgan fingerprint density at radius 1 is 1.33 bits per heavy atom. The summed E-state index contributed by atoms with van der Waals surface area (Å²) in [5.74, 6) is -0.190. The molecule has 0 aliphatic heterocycles. The number of anilines is 2. The minimum atomic E-state index is -0.633. The summed E-state index contributed by atoms with van der Waals surface area (Å²) in [6.45, 7) is 0. The highest BCUT2D eigenvalue weighted by Gasteiger charge is 2.15. The minimum Gasteiger partial charge on any atom is -0.494 e. The van der Waals surface area contributed by atoms with Crippen molar-refractivity contribution in [1.29, 1.82) is 5.26 Å². The summed E-state index contributed by atoms with van der Waals surface area (Å²) in [4.78, 5) is 10.3. The van der Waals surface area contributed by atoms with E-state index < -0.39 is 10.7 Å². The molecular formula is C14H10FN3O3. The van der Waals surface area contributed by atoms with Crippen LogP contribution in [0.15, 0.2) is 36.4 Å². The summed E-state index contributed by atoms with van der Waals surface area (Å²) >= 11 is 0. The third-order valence-electron chi connectivity index (χ3n) is 2.76. The Morgan fingerprint density at radius 2 is 2.10 bits per heavy atom. The first kappa shape index (κ1) is 14.3. The first-order valence-electron chi connectivity index (χ1n) is 5.84. The molecule has 0 unspecified atom stereocenters. The molecule has 2 aromatic rings. The predicted octanol–water partition coefficient (Wildman–Crippen LogP) is 3.36. The van der Waals surface area contributed by atoms with E-state index in [0.717, 1.165) is 0 Å². The Kier molecular flexibility index (Phi) is 4.00. The average Bonchev–Trinajstić information content (AvgIpc) is 2.48. The van der Waals surface area contributed by atoms with Gasteiger partial charge in [0.05, 0.1) is 17.7 Å². The standard InChI is InChI=1S/C14H10FN3O3/c1-21-14-6-10(15)3-5-12(14)17-11-4-2-9(8-16)13(7-11)18(19)20/h2-7,17H,1H3. The van der Waals surface area contributed by atoms with Gasteiger partial charge in [0.25, 0.3) is 5.69 Å². The van der Waals surface area contributed by atoms with Crippen LogP contribution < -0.4 is 10.1 Å². The van der Waals surface area contributed by atoms with E-state index in [-0.39, 0.29) is 17.0 Å². The van der Waals surface area contributed by atoms with Gasteiger partial charge in [-0.05, 0) is 24.3 Å². The van der Waals surface area contributed by atoms with Gasteiger partial charge in [0, 0.05) is 17.8 Å². The molecule has 0 heterocycles. The molecule has 106 valence electrons. The van der Waals surface area contributed by atoms with Crippen molar-refractivity contribution < 1.29 is 14.1 Å². The molecule has 0 aliphatic rings. The molecule has 0 aliphatic carbocycles. The van der Waals surface area contributed by atoms with Gasteiger partial charge in [0.2, 0.25) is 0 Å². The molecule has 0 fully saturated rings. The quantitative estimate of drug-likeness (QED) is 0.688. The predicted molar refractivity (Wildman–Crippen MR) is 74.0 cm³/mol. The first-order valence-corrected chi connectivity index (χ1v) is 5.84. The second-order valence-corrected chi connectivity index (χ2v) is 4.07. The summed E-state index contributed by atoms with van der Waals surface area (Å²) in [6, 6.07) is 9.75. The Morgan fingerprint density at radius 3 is 2.71 bits per heavy atom. The van der Waals surface area contributed by atoms with Crippen LogP contribution in [0.1, 0.15) is 5.56 Å². The van der Waals surface area contributed by atoms with E-state index in [4.69, 9.17) is 10.00 Å². The zero-order valence-electron chi connectivity index (χ0n) is 11.0. The highest BCUT2D eigenvalue weighted by Crippen LogP contribution is 2.30. The summed E-state index contributed by atoms with van der Waals surface area (Å²) < 4.78 is 18.1. The number of nitrogens with one attached hydrogen (secondary N) is 1. The van der Waals surface area contributed by atoms with Gasteiger partial charge in [-0.25, -0.2) is 4.39 Å². The van der Waals surface area contributed by atoms with E-state index in [2.05, 4.69) is 5.32 Å². The van der Waals surface area contributed by atoms with Crippen LogP contribution in [-0.2, 0) is 0 Å². The minimum absolute atomic E-state index is 0.0309. The Hall–Kier alpha value is -3.14. The van der Waals surface area contributed by atoms with Gasteiger partial charge < -0.3 is 10.1 Å². The molecule has 0 saturated heterocycles. The van der Waals surface area contributed by atoms with E-state index in [9.17, 15) is 14.5 Å². The van der Waals surface area contributed by atoms with Gasteiger partial charge in [-0.1, -0.05) is 0 Å². The number of benzene rings is 2. The number of nitro benzene ring substituents is 1. The number of methoxy groups -OCH3 is 1. The molecule has 2 aromatic carbocycles. The molecule has 0 radical (unpaired) electrons. The maximum absolute atomic E-state index is 13.1. The molecule has 21 heavy (non-hydrogen) atoms. The van der Waals surface area contributed by atoms with Crippen LogP contribution in [0.5, 0.6) is 5.75 Å². The summed E-state index contributed by atoms with van der Waals surface area (Å²) in [5, 5.41) is 22.6. The molecule has 0 aromatic heterocycles. The second kappa shape index (κ2) is 5.88. The van der Waals surface area contributed by atoms with Crippen molar-refractivity contribution in [2.45, 2.75) is 0 Å². The van der Waals surface area contributed by atoms with Gasteiger partial charge in [0.15, 0.2) is 0 Å². The lowest BCUT2D eigenvalue weighted by Gasteiger charge is -2.11. The number of nitrogens with zero attached hydrogens (tertiary/aromatic N) is 2. The fourth-order valence-electron chi connectivity index (χ4n) is 1.78. The smallest absolute Gasteiger partial charge is 0.289 e. The van der Waals surface area contributed by atoms with Crippen molar-refractivity contribution in [2.24, 2.45) is 0 Å². The second-order valence-electron chi connectivity index (χ2n) is 4.07. The van der Waals surface area contributed by atoms with Crippen molar-refractivity contribution in [1.82, 2.24) is 0 Å². The number of rotatable bonds is 4. The average molecular weight is 287 g/mol. The molecule has 0 bridgehead atoms. The van der Waals surface area contributed by atoms with Gasteiger partial charge >= 0.3 is 0 Å². The summed E-state index contributed by atoms with van der Waals surface area (Å²) in [6.07, 6.45) is 0. The van der Waals surface area contributed by atoms with Crippen LogP contribution >= 0.6 is 0 Å². The topological polar surface area (TPSA) is 88.2 Å². The maximum atomic E-state index is 13.1. The van der Waals surface area contributed by atoms with Gasteiger partial charge in [-0.2, -0.15) is 5.26 Å². The number of nitro groups is 1. The van der Waals surface area contributed by atoms with E-state index in [1.54, 1.807) is 6.07 Å². The van der Waals surface area contributed by atoms with Gasteiger partial charge in [0.1, 0.15) is 23.2 Å². The third-order valence-corrected chi connectivity index (χ3v) is 2.76. The number of ether oxygens (including phenoxy) is 1. The van der Waals surface area contributed by atoms with Gasteiger partial charge in [-0.15, -0.1) is 0 Å². The van der Waals surface area contributed by atoms with Crippen LogP contribution in [0, 0.1) is 27.3 Å². The Bertz CT molecular complexity index is 741. The van der Waals surface area contributed by atoms with Gasteiger partial charge in [-0.3, -0.25) is 10.1 Å². The zero-order valence-corrected chi connectivity index (χ0v) is 11.0. The van der Waals surface area contributed by atoms with Crippen molar-refractivity contribution in [3.8, 4) is 11.8 Å². The molecule has 0 amide bonds. The van der Waals surface area contributed by atoms with Crippen LogP contribution in [0.25, 0.3) is 0 Å². The monoisotopic (exact) mass is 287 g/mol. The lowest BCUT2D eigenvalue weighted by molar-refractivity contribution is -0.385. The SMILES string of the molecule is COc1cc(F)ccc1Nc1ccc(C#N)c([N+](=O)[O-])c1.